The number of carbonyl (C=O) groups excluding carboxylic acids is 2. The van der Waals surface area contributed by atoms with E-state index >= 15 is 0 Å². The van der Waals surface area contributed by atoms with E-state index in [0.29, 0.717) is 22.7 Å². The number of hydrogen-bond acceptors (Lipinski definition) is 5. The summed E-state index contributed by atoms with van der Waals surface area (Å²) in [6.07, 6.45) is 0. The standard InChI is InChI=1S/C15H15NO4S/c1-19-12-6-5-10(8-11(12)15(18)20-2)9-16-14(17)13-4-3-7-21-13/h3-8H,9H2,1-2H3,(H,16,17). The number of amides is 1. The summed E-state index contributed by atoms with van der Waals surface area (Å²) in [4.78, 5) is 24.2. The number of ether oxygens (including phenoxy) is 2. The fraction of sp³-hybridized carbons (Fsp3) is 0.200. The molecule has 1 heterocycles. The van der Waals surface area contributed by atoms with Crippen molar-refractivity contribution in [2.24, 2.45) is 0 Å². The number of methoxy groups -OCH3 is 2. The number of benzene rings is 1. The van der Waals surface area contributed by atoms with Crippen LogP contribution in [0, 0.1) is 0 Å². The van der Waals surface area contributed by atoms with Crippen LogP contribution in [0.15, 0.2) is 35.7 Å². The van der Waals surface area contributed by atoms with Gasteiger partial charge in [0.1, 0.15) is 11.3 Å². The van der Waals surface area contributed by atoms with E-state index in [1.54, 1.807) is 24.3 Å². The van der Waals surface area contributed by atoms with Gasteiger partial charge >= 0.3 is 5.97 Å². The van der Waals surface area contributed by atoms with Gasteiger partial charge in [-0.2, -0.15) is 0 Å². The molecule has 0 radical (unpaired) electrons. The van der Waals surface area contributed by atoms with E-state index in [1.165, 1.54) is 25.6 Å². The topological polar surface area (TPSA) is 64.6 Å². The van der Waals surface area contributed by atoms with Crippen molar-refractivity contribution in [3.8, 4) is 5.75 Å². The summed E-state index contributed by atoms with van der Waals surface area (Å²) in [6.45, 7) is 0.324. The van der Waals surface area contributed by atoms with E-state index in [-0.39, 0.29) is 5.91 Å². The largest absolute Gasteiger partial charge is 0.496 e. The summed E-state index contributed by atoms with van der Waals surface area (Å²) in [7, 11) is 2.80. The van der Waals surface area contributed by atoms with E-state index in [1.807, 2.05) is 11.4 Å². The van der Waals surface area contributed by atoms with E-state index in [0.717, 1.165) is 5.56 Å². The molecule has 2 aromatic rings. The Balaban J connectivity index is 2.10. The van der Waals surface area contributed by atoms with Crippen LogP contribution in [0.2, 0.25) is 0 Å². The summed E-state index contributed by atoms with van der Waals surface area (Å²) in [5, 5.41) is 4.65. The first-order valence-electron chi connectivity index (χ1n) is 6.22. The number of esters is 1. The van der Waals surface area contributed by atoms with Gasteiger partial charge in [0.05, 0.1) is 19.1 Å². The average molecular weight is 305 g/mol. The van der Waals surface area contributed by atoms with Gasteiger partial charge in [-0.3, -0.25) is 4.79 Å². The molecule has 0 bridgehead atoms. The molecule has 0 aliphatic carbocycles. The van der Waals surface area contributed by atoms with Crippen molar-refractivity contribution in [3.63, 3.8) is 0 Å². The first-order valence-corrected chi connectivity index (χ1v) is 7.10. The predicted octanol–water partition coefficient (Wildman–Crippen LogP) is 2.47. The Kier molecular flexibility index (Phi) is 4.94. The van der Waals surface area contributed by atoms with Gasteiger partial charge in [0.25, 0.3) is 5.91 Å². The van der Waals surface area contributed by atoms with Crippen LogP contribution >= 0.6 is 11.3 Å². The molecule has 0 aliphatic heterocycles. The third-order valence-corrected chi connectivity index (χ3v) is 3.74. The van der Waals surface area contributed by atoms with Gasteiger partial charge in [0.2, 0.25) is 0 Å². The van der Waals surface area contributed by atoms with Crippen molar-refractivity contribution in [2.75, 3.05) is 14.2 Å². The van der Waals surface area contributed by atoms with Crippen molar-refractivity contribution in [1.29, 1.82) is 0 Å². The Morgan fingerprint density at radius 2 is 2.05 bits per heavy atom. The SMILES string of the molecule is COC(=O)c1cc(CNC(=O)c2cccs2)ccc1OC. The lowest BCUT2D eigenvalue weighted by molar-refractivity contribution is 0.0597. The molecular weight excluding hydrogens is 290 g/mol. The van der Waals surface area contributed by atoms with Crippen LogP contribution in [0.4, 0.5) is 0 Å². The smallest absolute Gasteiger partial charge is 0.341 e. The third-order valence-electron chi connectivity index (χ3n) is 2.87. The summed E-state index contributed by atoms with van der Waals surface area (Å²) in [5.74, 6) is -0.172. The second-order valence-electron chi connectivity index (χ2n) is 4.19. The first kappa shape index (κ1) is 15.1. The Bertz CT molecular complexity index is 637. The Morgan fingerprint density at radius 1 is 1.24 bits per heavy atom. The Morgan fingerprint density at radius 3 is 2.67 bits per heavy atom. The number of carbonyl (C=O) groups is 2. The van der Waals surface area contributed by atoms with E-state index in [9.17, 15) is 9.59 Å². The molecule has 2 rings (SSSR count). The molecule has 1 amide bonds. The van der Waals surface area contributed by atoms with E-state index < -0.39 is 5.97 Å². The zero-order valence-corrected chi connectivity index (χ0v) is 12.5. The minimum Gasteiger partial charge on any atom is -0.496 e. The molecule has 0 spiro atoms. The fourth-order valence-electron chi connectivity index (χ4n) is 1.81. The second-order valence-corrected chi connectivity index (χ2v) is 5.13. The molecule has 1 N–H and O–H groups in total. The molecular formula is C15H15NO4S. The highest BCUT2D eigenvalue weighted by Crippen LogP contribution is 2.21. The first-order chi connectivity index (χ1) is 10.2. The minimum absolute atomic E-state index is 0.138. The maximum Gasteiger partial charge on any atom is 0.341 e. The molecule has 1 aromatic heterocycles. The number of rotatable bonds is 5. The molecule has 110 valence electrons. The lowest BCUT2D eigenvalue weighted by Crippen LogP contribution is -2.22. The van der Waals surface area contributed by atoms with Crippen molar-refractivity contribution >= 4 is 23.2 Å². The third kappa shape index (κ3) is 3.61. The molecule has 5 nitrogen and oxygen atoms in total. The van der Waals surface area contributed by atoms with Crippen LogP contribution in [0.3, 0.4) is 0 Å². The highest BCUT2D eigenvalue weighted by atomic mass is 32.1. The van der Waals surface area contributed by atoms with Gasteiger partial charge in [-0.1, -0.05) is 12.1 Å². The molecule has 0 fully saturated rings. The van der Waals surface area contributed by atoms with Crippen molar-refractivity contribution in [2.45, 2.75) is 6.54 Å². The highest BCUT2D eigenvalue weighted by Gasteiger charge is 2.14. The van der Waals surface area contributed by atoms with E-state index in [2.05, 4.69) is 5.32 Å². The molecule has 6 heteroatoms. The normalized spacial score (nSPS) is 10.0. The molecule has 21 heavy (non-hydrogen) atoms. The van der Waals surface area contributed by atoms with Crippen LogP contribution in [0.1, 0.15) is 25.6 Å². The van der Waals surface area contributed by atoms with Crippen LogP contribution in [0.5, 0.6) is 5.75 Å². The van der Waals surface area contributed by atoms with Gasteiger partial charge in [-0.25, -0.2) is 4.79 Å². The maximum absolute atomic E-state index is 11.9. The van der Waals surface area contributed by atoms with Gasteiger partial charge in [-0.15, -0.1) is 11.3 Å². The zero-order valence-electron chi connectivity index (χ0n) is 11.7. The van der Waals surface area contributed by atoms with Gasteiger partial charge < -0.3 is 14.8 Å². The number of nitrogens with one attached hydrogen (secondary N) is 1. The summed E-state index contributed by atoms with van der Waals surface area (Å²) >= 11 is 1.38. The molecule has 0 saturated heterocycles. The molecule has 0 unspecified atom stereocenters. The lowest BCUT2D eigenvalue weighted by Gasteiger charge is -2.10. The lowest BCUT2D eigenvalue weighted by atomic mass is 10.1. The maximum atomic E-state index is 11.9. The van der Waals surface area contributed by atoms with Gasteiger partial charge in [0, 0.05) is 6.54 Å². The molecule has 1 aromatic carbocycles. The van der Waals surface area contributed by atoms with Crippen molar-refractivity contribution in [3.05, 3.63) is 51.7 Å². The van der Waals surface area contributed by atoms with Crippen LogP contribution < -0.4 is 10.1 Å². The van der Waals surface area contributed by atoms with Crippen molar-refractivity contribution < 1.29 is 19.1 Å². The van der Waals surface area contributed by atoms with Gasteiger partial charge in [0.15, 0.2) is 0 Å². The van der Waals surface area contributed by atoms with Crippen LogP contribution in [-0.4, -0.2) is 26.1 Å². The van der Waals surface area contributed by atoms with Crippen molar-refractivity contribution in [1.82, 2.24) is 5.32 Å². The molecule has 0 aliphatic rings. The highest BCUT2D eigenvalue weighted by molar-refractivity contribution is 7.12. The fourth-order valence-corrected chi connectivity index (χ4v) is 2.45. The molecule has 0 saturated carbocycles. The van der Waals surface area contributed by atoms with Crippen LogP contribution in [0.25, 0.3) is 0 Å². The monoisotopic (exact) mass is 305 g/mol. The number of hydrogen-bond donors (Lipinski definition) is 1. The number of thiophene rings is 1. The van der Waals surface area contributed by atoms with Gasteiger partial charge in [-0.05, 0) is 29.1 Å². The summed E-state index contributed by atoms with van der Waals surface area (Å²) in [6, 6.07) is 8.70. The Hall–Kier alpha value is -2.34. The predicted molar refractivity (Wildman–Crippen MR) is 79.8 cm³/mol. The molecule has 0 atom stereocenters. The van der Waals surface area contributed by atoms with E-state index in [4.69, 9.17) is 9.47 Å². The second kappa shape index (κ2) is 6.90. The zero-order chi connectivity index (χ0) is 15.2. The summed E-state index contributed by atoms with van der Waals surface area (Å²) < 4.78 is 9.83. The summed E-state index contributed by atoms with van der Waals surface area (Å²) in [5.41, 5.74) is 1.13. The quantitative estimate of drug-likeness (QED) is 0.862. The average Bonchev–Trinajstić information content (AvgIpc) is 3.06. The minimum atomic E-state index is -0.474. The Labute approximate surface area is 126 Å². The van der Waals surface area contributed by atoms with Crippen LogP contribution in [-0.2, 0) is 11.3 Å².